The summed E-state index contributed by atoms with van der Waals surface area (Å²) < 4.78 is 40.5. The first-order valence-electron chi connectivity index (χ1n) is 9.49. The number of halogens is 3. The minimum absolute atomic E-state index is 0.0501. The minimum atomic E-state index is -4.53. The van der Waals surface area contributed by atoms with Crippen LogP contribution in [0.4, 0.5) is 18.3 Å². The van der Waals surface area contributed by atoms with Gasteiger partial charge in [-0.15, -0.1) is 0 Å². The van der Waals surface area contributed by atoms with Crippen LogP contribution in [-0.4, -0.2) is 15.9 Å². The number of rotatable bonds is 4. The average Bonchev–Trinajstić information content (AvgIpc) is 3.19. The van der Waals surface area contributed by atoms with E-state index in [-0.39, 0.29) is 12.1 Å². The van der Waals surface area contributed by atoms with Crippen molar-refractivity contribution < 1.29 is 18.0 Å². The summed E-state index contributed by atoms with van der Waals surface area (Å²) in [5.41, 5.74) is 2.70. The molecule has 0 aliphatic carbocycles. The molecular weight excluding hydrogens is 423 g/mol. The van der Waals surface area contributed by atoms with Gasteiger partial charge in [0.25, 0.3) is 5.91 Å². The SMILES string of the molecule is Cc1ccc2sc(N(Cc3cccnc3)C(=O)c3cccc(C(F)(F)F)c3)nc2c1C. The summed E-state index contributed by atoms with van der Waals surface area (Å²) in [7, 11) is 0. The van der Waals surface area contributed by atoms with E-state index >= 15 is 0 Å². The Morgan fingerprint density at radius 2 is 1.90 bits per heavy atom. The molecule has 31 heavy (non-hydrogen) atoms. The second kappa shape index (κ2) is 8.11. The molecule has 0 aliphatic heterocycles. The maximum absolute atomic E-state index is 13.4. The molecule has 0 saturated heterocycles. The van der Waals surface area contributed by atoms with Crippen molar-refractivity contribution >= 4 is 32.6 Å². The Hall–Kier alpha value is -3.26. The summed E-state index contributed by atoms with van der Waals surface area (Å²) in [6.07, 6.45) is -1.30. The fourth-order valence-electron chi connectivity index (χ4n) is 3.21. The second-order valence-electron chi connectivity index (χ2n) is 7.18. The molecule has 0 fully saturated rings. The van der Waals surface area contributed by atoms with E-state index in [0.29, 0.717) is 5.13 Å². The van der Waals surface area contributed by atoms with Gasteiger partial charge in [0.1, 0.15) is 0 Å². The van der Waals surface area contributed by atoms with Gasteiger partial charge in [0.2, 0.25) is 0 Å². The third kappa shape index (κ3) is 4.29. The quantitative estimate of drug-likeness (QED) is 0.380. The predicted molar refractivity (Wildman–Crippen MR) is 115 cm³/mol. The van der Waals surface area contributed by atoms with Gasteiger partial charge in [-0.25, -0.2) is 4.98 Å². The Bertz CT molecular complexity index is 1250. The topological polar surface area (TPSA) is 46.1 Å². The lowest BCUT2D eigenvalue weighted by molar-refractivity contribution is -0.137. The molecule has 0 saturated carbocycles. The molecular formula is C23H18F3N3OS. The van der Waals surface area contributed by atoms with Crippen LogP contribution in [0.5, 0.6) is 0 Å². The lowest BCUT2D eigenvalue weighted by Gasteiger charge is -2.20. The summed E-state index contributed by atoms with van der Waals surface area (Å²) in [5, 5.41) is 0.426. The predicted octanol–water partition coefficient (Wildman–Crippen LogP) is 6.17. The van der Waals surface area contributed by atoms with Gasteiger partial charge in [-0.2, -0.15) is 13.2 Å². The lowest BCUT2D eigenvalue weighted by Crippen LogP contribution is -2.30. The second-order valence-corrected chi connectivity index (χ2v) is 8.19. The molecule has 158 valence electrons. The number of amides is 1. The van der Waals surface area contributed by atoms with E-state index in [1.165, 1.54) is 28.4 Å². The van der Waals surface area contributed by atoms with Gasteiger partial charge in [-0.1, -0.05) is 29.5 Å². The fraction of sp³-hybridized carbons (Fsp3) is 0.174. The first-order valence-corrected chi connectivity index (χ1v) is 10.3. The number of aryl methyl sites for hydroxylation is 2. The van der Waals surface area contributed by atoms with E-state index in [0.717, 1.165) is 39.0 Å². The summed E-state index contributed by atoms with van der Waals surface area (Å²) in [6, 6.07) is 11.9. The zero-order valence-electron chi connectivity index (χ0n) is 16.8. The van der Waals surface area contributed by atoms with E-state index in [2.05, 4.69) is 9.97 Å². The van der Waals surface area contributed by atoms with Gasteiger partial charge < -0.3 is 0 Å². The summed E-state index contributed by atoms with van der Waals surface area (Å²) in [5.74, 6) is -0.552. The highest BCUT2D eigenvalue weighted by molar-refractivity contribution is 7.22. The monoisotopic (exact) mass is 441 g/mol. The van der Waals surface area contributed by atoms with Gasteiger partial charge in [-0.05, 0) is 60.9 Å². The van der Waals surface area contributed by atoms with Crippen LogP contribution >= 0.6 is 11.3 Å². The lowest BCUT2D eigenvalue weighted by atomic mass is 10.1. The standard InChI is InChI=1S/C23H18F3N3OS/c1-14-8-9-19-20(15(14)2)28-22(31-19)29(13-16-5-4-10-27-12-16)21(30)17-6-3-7-18(11-17)23(24,25)26/h3-12H,13H2,1-2H3. The molecule has 1 amide bonds. The van der Waals surface area contributed by atoms with E-state index in [1.54, 1.807) is 18.5 Å². The van der Waals surface area contributed by atoms with E-state index < -0.39 is 17.6 Å². The highest BCUT2D eigenvalue weighted by Gasteiger charge is 2.32. The number of pyridine rings is 1. The molecule has 4 nitrogen and oxygen atoms in total. The molecule has 0 N–H and O–H groups in total. The molecule has 0 unspecified atom stereocenters. The van der Waals surface area contributed by atoms with Crippen LogP contribution in [0.1, 0.15) is 32.6 Å². The number of alkyl halides is 3. The van der Waals surface area contributed by atoms with Crippen molar-refractivity contribution in [3.8, 4) is 0 Å². The maximum atomic E-state index is 13.4. The fourth-order valence-corrected chi connectivity index (χ4v) is 4.24. The van der Waals surface area contributed by atoms with Crippen molar-refractivity contribution in [1.29, 1.82) is 0 Å². The van der Waals surface area contributed by atoms with Gasteiger partial charge >= 0.3 is 6.18 Å². The van der Waals surface area contributed by atoms with Crippen molar-refractivity contribution in [1.82, 2.24) is 9.97 Å². The molecule has 0 spiro atoms. The van der Waals surface area contributed by atoms with E-state index in [4.69, 9.17) is 0 Å². The zero-order chi connectivity index (χ0) is 22.2. The number of fused-ring (bicyclic) bond motifs is 1. The number of aromatic nitrogens is 2. The number of anilines is 1. The minimum Gasteiger partial charge on any atom is -0.279 e. The first-order chi connectivity index (χ1) is 14.7. The highest BCUT2D eigenvalue weighted by atomic mass is 32.1. The number of hydrogen-bond donors (Lipinski definition) is 0. The molecule has 0 radical (unpaired) electrons. The van der Waals surface area contributed by atoms with Crippen molar-refractivity contribution in [2.24, 2.45) is 0 Å². The van der Waals surface area contributed by atoms with E-state index in [1.807, 2.05) is 32.0 Å². The normalized spacial score (nSPS) is 11.6. The number of benzene rings is 2. The number of nitrogens with zero attached hydrogens (tertiary/aromatic N) is 3. The number of carbonyl (C=O) groups excluding carboxylic acids is 1. The molecule has 2 heterocycles. The summed E-state index contributed by atoms with van der Waals surface area (Å²) in [6.45, 7) is 4.08. The Balaban J connectivity index is 1.80. The summed E-state index contributed by atoms with van der Waals surface area (Å²) >= 11 is 1.33. The molecule has 0 bridgehead atoms. The van der Waals surface area contributed by atoms with Crippen LogP contribution in [0.25, 0.3) is 10.2 Å². The van der Waals surface area contributed by atoms with Crippen molar-refractivity contribution in [2.75, 3.05) is 4.90 Å². The smallest absolute Gasteiger partial charge is 0.279 e. The van der Waals surface area contributed by atoms with Crippen LogP contribution in [0.3, 0.4) is 0 Å². The molecule has 0 atom stereocenters. The Labute approximate surface area is 181 Å². The van der Waals surface area contributed by atoms with Crippen molar-refractivity contribution in [3.05, 3.63) is 88.7 Å². The van der Waals surface area contributed by atoms with Gasteiger partial charge in [0.15, 0.2) is 5.13 Å². The van der Waals surface area contributed by atoms with Crippen LogP contribution in [0.2, 0.25) is 0 Å². The van der Waals surface area contributed by atoms with Crippen LogP contribution in [0, 0.1) is 13.8 Å². The molecule has 8 heteroatoms. The first kappa shape index (κ1) is 21.0. The van der Waals surface area contributed by atoms with Crippen molar-refractivity contribution in [2.45, 2.75) is 26.6 Å². The number of carbonyl (C=O) groups is 1. The Kier molecular flexibility index (Phi) is 5.49. The largest absolute Gasteiger partial charge is 0.416 e. The van der Waals surface area contributed by atoms with Crippen LogP contribution < -0.4 is 4.90 Å². The molecule has 2 aromatic carbocycles. The van der Waals surface area contributed by atoms with Crippen LogP contribution in [-0.2, 0) is 12.7 Å². The van der Waals surface area contributed by atoms with Crippen LogP contribution in [0.15, 0.2) is 60.9 Å². The Morgan fingerprint density at radius 3 is 2.61 bits per heavy atom. The molecule has 4 aromatic rings. The zero-order valence-corrected chi connectivity index (χ0v) is 17.6. The maximum Gasteiger partial charge on any atom is 0.416 e. The van der Waals surface area contributed by atoms with Crippen molar-refractivity contribution in [3.63, 3.8) is 0 Å². The van der Waals surface area contributed by atoms with Gasteiger partial charge in [0, 0.05) is 18.0 Å². The molecule has 0 aliphatic rings. The van der Waals surface area contributed by atoms with Gasteiger partial charge in [-0.3, -0.25) is 14.7 Å². The number of thiazole rings is 1. The molecule has 2 aromatic heterocycles. The third-order valence-electron chi connectivity index (χ3n) is 5.05. The number of hydrogen-bond acceptors (Lipinski definition) is 4. The third-order valence-corrected chi connectivity index (χ3v) is 6.09. The Morgan fingerprint density at radius 1 is 1.10 bits per heavy atom. The van der Waals surface area contributed by atoms with Gasteiger partial charge in [0.05, 0.1) is 22.3 Å². The summed E-state index contributed by atoms with van der Waals surface area (Å²) in [4.78, 5) is 23.5. The highest BCUT2D eigenvalue weighted by Crippen LogP contribution is 2.34. The molecule has 4 rings (SSSR count). The van der Waals surface area contributed by atoms with E-state index in [9.17, 15) is 18.0 Å². The average molecular weight is 441 g/mol.